The van der Waals surface area contributed by atoms with Crippen LogP contribution in [0.15, 0.2) is 18.2 Å². The molecule has 0 bridgehead atoms. The molecule has 1 unspecified atom stereocenters. The standard InChI is InChI=1S/C18H21N3O/c1-4-13-7-8-14-15(11-13)20-18(19-14)16-6-5-9-21(16)17(22)10-12(2)3/h1,7-8,11-12,16H,5-6,9-10H2,2-3H3,(H,19,20). The van der Waals surface area contributed by atoms with Crippen molar-refractivity contribution >= 4 is 16.9 Å². The Morgan fingerprint density at radius 2 is 2.36 bits per heavy atom. The number of aromatic nitrogens is 2. The van der Waals surface area contributed by atoms with Crippen molar-refractivity contribution in [3.63, 3.8) is 0 Å². The van der Waals surface area contributed by atoms with Gasteiger partial charge in [0.15, 0.2) is 0 Å². The van der Waals surface area contributed by atoms with Crippen molar-refractivity contribution in [3.8, 4) is 12.3 Å². The van der Waals surface area contributed by atoms with E-state index in [2.05, 4.69) is 29.7 Å². The Hall–Kier alpha value is -2.28. The first-order chi connectivity index (χ1) is 10.6. The Morgan fingerprint density at radius 3 is 3.09 bits per heavy atom. The number of imidazole rings is 1. The molecule has 1 atom stereocenters. The van der Waals surface area contributed by atoms with Crippen LogP contribution in [0.25, 0.3) is 11.0 Å². The van der Waals surface area contributed by atoms with E-state index < -0.39 is 0 Å². The van der Waals surface area contributed by atoms with E-state index in [1.165, 1.54) is 0 Å². The van der Waals surface area contributed by atoms with Gasteiger partial charge in [0.25, 0.3) is 0 Å². The second-order valence-corrected chi connectivity index (χ2v) is 6.34. The topological polar surface area (TPSA) is 49.0 Å². The third kappa shape index (κ3) is 2.71. The number of fused-ring (bicyclic) bond motifs is 1. The zero-order valence-electron chi connectivity index (χ0n) is 13.1. The summed E-state index contributed by atoms with van der Waals surface area (Å²) in [7, 11) is 0. The van der Waals surface area contributed by atoms with Gasteiger partial charge >= 0.3 is 0 Å². The lowest BCUT2D eigenvalue weighted by molar-refractivity contribution is -0.133. The van der Waals surface area contributed by atoms with Gasteiger partial charge in [0.2, 0.25) is 5.91 Å². The zero-order chi connectivity index (χ0) is 15.7. The number of amides is 1. The minimum atomic E-state index is 0.0629. The fraction of sp³-hybridized carbons (Fsp3) is 0.444. The highest BCUT2D eigenvalue weighted by Gasteiger charge is 2.32. The molecule has 0 radical (unpaired) electrons. The van der Waals surface area contributed by atoms with Gasteiger partial charge in [-0.2, -0.15) is 0 Å². The van der Waals surface area contributed by atoms with Gasteiger partial charge in [-0.15, -0.1) is 6.42 Å². The van der Waals surface area contributed by atoms with Crippen molar-refractivity contribution in [2.24, 2.45) is 5.92 Å². The highest BCUT2D eigenvalue weighted by molar-refractivity contribution is 5.79. The molecule has 3 rings (SSSR count). The minimum Gasteiger partial charge on any atom is -0.340 e. The lowest BCUT2D eigenvalue weighted by Gasteiger charge is -2.24. The van der Waals surface area contributed by atoms with Crippen molar-refractivity contribution in [2.45, 2.75) is 39.2 Å². The Labute approximate surface area is 130 Å². The molecule has 1 aliphatic heterocycles. The van der Waals surface area contributed by atoms with Crippen LogP contribution in [-0.2, 0) is 4.79 Å². The summed E-state index contributed by atoms with van der Waals surface area (Å²) in [6.45, 7) is 4.97. The average molecular weight is 295 g/mol. The lowest BCUT2D eigenvalue weighted by Crippen LogP contribution is -2.31. The maximum absolute atomic E-state index is 12.4. The fourth-order valence-electron chi connectivity index (χ4n) is 3.09. The molecule has 1 amide bonds. The predicted molar refractivity (Wildman–Crippen MR) is 87.2 cm³/mol. The van der Waals surface area contributed by atoms with Crippen LogP contribution in [-0.4, -0.2) is 27.3 Å². The fourth-order valence-corrected chi connectivity index (χ4v) is 3.09. The molecule has 2 heterocycles. The van der Waals surface area contributed by atoms with Gasteiger partial charge in [0.1, 0.15) is 5.82 Å². The monoisotopic (exact) mass is 295 g/mol. The highest BCUT2D eigenvalue weighted by atomic mass is 16.2. The average Bonchev–Trinajstić information content (AvgIpc) is 3.11. The van der Waals surface area contributed by atoms with Crippen LogP contribution in [0.2, 0.25) is 0 Å². The molecule has 22 heavy (non-hydrogen) atoms. The van der Waals surface area contributed by atoms with Crippen molar-refractivity contribution < 1.29 is 4.79 Å². The van der Waals surface area contributed by atoms with E-state index in [9.17, 15) is 4.79 Å². The summed E-state index contributed by atoms with van der Waals surface area (Å²) in [6, 6.07) is 5.82. The van der Waals surface area contributed by atoms with Crippen LogP contribution in [0.4, 0.5) is 0 Å². The van der Waals surface area contributed by atoms with Gasteiger partial charge in [0, 0.05) is 18.5 Å². The van der Waals surface area contributed by atoms with E-state index in [1.54, 1.807) is 0 Å². The summed E-state index contributed by atoms with van der Waals surface area (Å²) in [6.07, 6.45) is 8.03. The van der Waals surface area contributed by atoms with Gasteiger partial charge in [-0.3, -0.25) is 4.79 Å². The molecule has 1 aromatic carbocycles. The number of hydrogen-bond acceptors (Lipinski definition) is 2. The second kappa shape index (κ2) is 5.84. The van der Waals surface area contributed by atoms with Crippen LogP contribution in [0.1, 0.15) is 50.5 Å². The van der Waals surface area contributed by atoms with Crippen LogP contribution in [0, 0.1) is 18.3 Å². The first-order valence-corrected chi connectivity index (χ1v) is 7.84. The number of carbonyl (C=O) groups is 1. The third-order valence-electron chi connectivity index (χ3n) is 4.14. The van der Waals surface area contributed by atoms with E-state index in [0.29, 0.717) is 12.3 Å². The summed E-state index contributed by atoms with van der Waals surface area (Å²) in [5, 5.41) is 0. The number of rotatable bonds is 3. The number of nitrogens with one attached hydrogen (secondary N) is 1. The lowest BCUT2D eigenvalue weighted by atomic mass is 10.1. The molecular formula is C18H21N3O. The maximum Gasteiger partial charge on any atom is 0.223 e. The quantitative estimate of drug-likeness (QED) is 0.884. The van der Waals surface area contributed by atoms with E-state index >= 15 is 0 Å². The van der Waals surface area contributed by atoms with Crippen LogP contribution in [0.5, 0.6) is 0 Å². The van der Waals surface area contributed by atoms with E-state index in [0.717, 1.165) is 41.8 Å². The molecule has 0 saturated carbocycles. The molecule has 2 aromatic rings. The summed E-state index contributed by atoms with van der Waals surface area (Å²) >= 11 is 0. The van der Waals surface area contributed by atoms with Crippen molar-refractivity contribution in [3.05, 3.63) is 29.6 Å². The molecule has 1 aromatic heterocycles. The van der Waals surface area contributed by atoms with E-state index in [-0.39, 0.29) is 11.9 Å². The molecule has 1 aliphatic rings. The summed E-state index contributed by atoms with van der Waals surface area (Å²) in [5.41, 5.74) is 2.67. The Balaban J connectivity index is 1.89. The smallest absolute Gasteiger partial charge is 0.223 e. The molecule has 4 nitrogen and oxygen atoms in total. The molecule has 114 valence electrons. The van der Waals surface area contributed by atoms with Gasteiger partial charge < -0.3 is 9.88 Å². The summed E-state index contributed by atoms with van der Waals surface area (Å²) in [5.74, 6) is 4.11. The van der Waals surface area contributed by atoms with Gasteiger partial charge in [-0.05, 0) is 37.0 Å². The van der Waals surface area contributed by atoms with Gasteiger partial charge in [-0.25, -0.2) is 4.98 Å². The summed E-state index contributed by atoms with van der Waals surface area (Å²) < 4.78 is 0. The second-order valence-electron chi connectivity index (χ2n) is 6.34. The van der Waals surface area contributed by atoms with Crippen molar-refractivity contribution in [1.82, 2.24) is 14.9 Å². The SMILES string of the molecule is C#Cc1ccc2nc(C3CCCN3C(=O)CC(C)C)[nH]c2c1. The highest BCUT2D eigenvalue weighted by Crippen LogP contribution is 2.32. The predicted octanol–water partition coefficient (Wildman–Crippen LogP) is 3.25. The molecule has 1 N–H and O–H groups in total. The first kappa shape index (κ1) is 14.6. The van der Waals surface area contributed by atoms with Crippen LogP contribution >= 0.6 is 0 Å². The number of aromatic amines is 1. The maximum atomic E-state index is 12.4. The zero-order valence-corrected chi connectivity index (χ0v) is 13.1. The normalized spacial score (nSPS) is 18.1. The molecule has 1 saturated heterocycles. The number of likely N-dealkylation sites (tertiary alicyclic amines) is 1. The number of H-pyrrole nitrogens is 1. The molecule has 0 spiro atoms. The van der Waals surface area contributed by atoms with Gasteiger partial charge in [0.05, 0.1) is 17.1 Å². The molecule has 1 fully saturated rings. The largest absolute Gasteiger partial charge is 0.340 e. The number of terminal acetylenes is 1. The van der Waals surface area contributed by atoms with Crippen molar-refractivity contribution in [1.29, 1.82) is 0 Å². The Bertz CT molecular complexity index is 738. The number of benzene rings is 1. The molecular weight excluding hydrogens is 274 g/mol. The molecule has 4 heteroatoms. The van der Waals surface area contributed by atoms with Gasteiger partial charge in [-0.1, -0.05) is 19.8 Å². The van der Waals surface area contributed by atoms with Crippen molar-refractivity contribution in [2.75, 3.05) is 6.54 Å². The van der Waals surface area contributed by atoms with Crippen LogP contribution in [0.3, 0.4) is 0 Å². The minimum absolute atomic E-state index is 0.0629. The third-order valence-corrected chi connectivity index (χ3v) is 4.14. The van der Waals surface area contributed by atoms with Crippen LogP contribution < -0.4 is 0 Å². The Kier molecular flexibility index (Phi) is 3.89. The Morgan fingerprint density at radius 1 is 1.55 bits per heavy atom. The molecule has 0 aliphatic carbocycles. The number of carbonyl (C=O) groups excluding carboxylic acids is 1. The number of hydrogen-bond donors (Lipinski definition) is 1. The first-order valence-electron chi connectivity index (χ1n) is 7.84. The van der Waals surface area contributed by atoms with E-state index in [4.69, 9.17) is 6.42 Å². The number of nitrogens with zero attached hydrogens (tertiary/aromatic N) is 2. The van der Waals surface area contributed by atoms with E-state index in [1.807, 2.05) is 23.1 Å². The summed E-state index contributed by atoms with van der Waals surface area (Å²) in [4.78, 5) is 22.4.